The fraction of sp³-hybridized carbons (Fsp3) is 0.159. The van der Waals surface area contributed by atoms with E-state index in [0.29, 0.717) is 0 Å². The van der Waals surface area contributed by atoms with Gasteiger partial charge in [-0.25, -0.2) is 0 Å². The monoisotopic (exact) mass is 1070 g/mol. The van der Waals surface area contributed by atoms with E-state index < -0.39 is 13.1 Å². The van der Waals surface area contributed by atoms with Gasteiger partial charge in [0.25, 0.3) is 0 Å². The van der Waals surface area contributed by atoms with E-state index in [9.17, 15) is 0 Å². The van der Waals surface area contributed by atoms with Gasteiger partial charge >= 0.3 is 439 Å². The number of halogens is 3. The number of hydrogen-bond donors (Lipinski definition) is 0. The zero-order valence-electron chi connectivity index (χ0n) is 44.2. The Balaban J connectivity index is 0.00000267. The Kier molecular flexibility index (Phi) is 17.1. The van der Waals surface area contributed by atoms with Gasteiger partial charge in [0.1, 0.15) is 0 Å². The van der Waals surface area contributed by atoms with E-state index in [1.807, 2.05) is 0 Å². The van der Waals surface area contributed by atoms with E-state index >= 15 is 0 Å². The minimum absolute atomic E-state index is 0. The SMILES string of the molecule is CC1=C(C)C(C)([Si](c2c(C)cc(-c3ccccc3)c(C)c2-c2ccccc2)(c2c(C)cc(-c3ccccc3)c(C)c2-c2ccccc2)c2c(C)cc(-c3ccccc3)c(C)c2-c2ccccc2)[C]([Ti+3])=C1C.[Cl-].[Cl-].[Cl-]. The molecule has 1 aliphatic rings. The summed E-state index contributed by atoms with van der Waals surface area (Å²) in [4.78, 5) is 0. The predicted octanol–water partition coefficient (Wildman–Crippen LogP) is 7.95. The van der Waals surface area contributed by atoms with Crippen molar-refractivity contribution in [2.45, 2.75) is 74.3 Å². The molecule has 9 aromatic carbocycles. The van der Waals surface area contributed by atoms with Crippen LogP contribution in [0, 0.1) is 41.5 Å². The second-order valence-electron chi connectivity index (χ2n) is 20.2. The van der Waals surface area contributed by atoms with Crippen LogP contribution in [-0.2, 0) is 20.4 Å². The first-order valence-corrected chi connectivity index (χ1v) is 28.0. The molecule has 74 heavy (non-hydrogen) atoms. The second kappa shape index (κ2) is 22.6. The molecule has 10 rings (SSSR count). The Labute approximate surface area is 472 Å². The summed E-state index contributed by atoms with van der Waals surface area (Å²) in [6.45, 7) is 24.6. The average molecular weight is 1070 g/mol. The molecule has 0 aliphatic heterocycles. The molecule has 0 fully saturated rings. The number of hydrogen-bond acceptors (Lipinski definition) is 0. The summed E-state index contributed by atoms with van der Waals surface area (Å²) in [6, 6.07) is 75.2. The standard InChI is InChI=1S/C69H63Si.3ClH.Ti/c1-45-41-60(54-29-17-11-18-30-54)50(6)63(57-35-23-14-24-36-57)66(45)70(69(10)44-48(4)49(5)53(69)9,67-46(2)42-61(55-31-19-12-20-32-55)51(7)64(67)58-37-25-15-26-38-58)68-47(3)43-62(56-33-21-13-22-34-56)52(8)65(68)59-39-27-16-28-40-59;;;;/h11-43H,1-10H3;3*1H;/q;;;;+3/p-3. The van der Waals surface area contributed by atoms with E-state index in [1.165, 1.54) is 136 Å². The van der Waals surface area contributed by atoms with Crippen LogP contribution in [0.3, 0.4) is 0 Å². The van der Waals surface area contributed by atoms with Gasteiger partial charge < -0.3 is 37.2 Å². The number of aryl methyl sites for hydroxylation is 3. The molecular weight excluding hydrogens is 1010 g/mol. The molecule has 0 spiro atoms. The molecule has 5 heteroatoms. The molecule has 0 amide bonds. The molecule has 0 nitrogen and oxygen atoms in total. The average Bonchev–Trinajstić information content (AvgIpc) is 3.55. The molecule has 0 saturated carbocycles. The van der Waals surface area contributed by atoms with Crippen molar-refractivity contribution in [1.82, 2.24) is 0 Å². The maximum absolute atomic E-state index is 3.72. The Hall–Kier alpha value is -5.74. The third-order valence-corrected chi connectivity index (χ3v) is 24.5. The van der Waals surface area contributed by atoms with Gasteiger partial charge in [0, 0.05) is 0 Å². The molecule has 0 heterocycles. The zero-order chi connectivity index (χ0) is 49.8. The maximum Gasteiger partial charge on any atom is -1.00 e. The third-order valence-electron chi connectivity index (χ3n) is 16.4. The molecule has 1 unspecified atom stereocenters. The van der Waals surface area contributed by atoms with Crippen molar-refractivity contribution in [1.29, 1.82) is 0 Å². The van der Waals surface area contributed by atoms with E-state index in [2.05, 4.69) is 290 Å². The minimum Gasteiger partial charge on any atom is -1.00 e. The van der Waals surface area contributed by atoms with Gasteiger partial charge in [-0.05, 0) is 0 Å². The maximum atomic E-state index is 2.68. The van der Waals surface area contributed by atoms with Crippen LogP contribution in [0.5, 0.6) is 0 Å². The second-order valence-corrected chi connectivity index (χ2v) is 25.0. The predicted molar refractivity (Wildman–Crippen MR) is 304 cm³/mol. The van der Waals surface area contributed by atoms with Crippen LogP contribution >= 0.6 is 0 Å². The molecule has 0 radical (unpaired) electrons. The normalized spacial score (nSPS) is 14.3. The van der Waals surface area contributed by atoms with Crippen LogP contribution < -0.4 is 52.8 Å². The topological polar surface area (TPSA) is 0 Å². The molecule has 368 valence electrons. The van der Waals surface area contributed by atoms with Crippen molar-refractivity contribution >= 4 is 23.6 Å². The molecule has 0 bridgehead atoms. The first-order valence-electron chi connectivity index (χ1n) is 25.2. The summed E-state index contributed by atoms with van der Waals surface area (Å²) in [5, 5.41) is 4.01. The minimum atomic E-state index is -3.72. The fourth-order valence-corrected chi connectivity index (χ4v) is 22.0. The van der Waals surface area contributed by atoms with Crippen molar-refractivity contribution in [3.8, 4) is 66.8 Å². The first kappa shape index (κ1) is 56.0. The first-order chi connectivity index (χ1) is 34.3. The molecule has 9 aromatic rings. The number of rotatable bonds is 10. The Morgan fingerprint density at radius 2 is 0.554 bits per heavy atom. The van der Waals surface area contributed by atoms with Crippen molar-refractivity contribution in [2.75, 3.05) is 0 Å². The molecule has 0 aromatic heterocycles. The molecule has 1 aliphatic carbocycles. The summed E-state index contributed by atoms with van der Waals surface area (Å²) in [7, 11) is -3.72. The van der Waals surface area contributed by atoms with Crippen LogP contribution in [0.25, 0.3) is 66.8 Å². The van der Waals surface area contributed by atoms with Gasteiger partial charge in [-0.15, -0.1) is 0 Å². The Bertz CT molecular complexity index is 3190. The van der Waals surface area contributed by atoms with E-state index in [1.54, 1.807) is 0 Å². The molecular formula is C69H63Cl3SiTi. The summed E-state index contributed by atoms with van der Waals surface area (Å²) in [6.07, 6.45) is 0. The van der Waals surface area contributed by atoms with Crippen LogP contribution in [0.15, 0.2) is 221 Å². The van der Waals surface area contributed by atoms with Gasteiger partial charge in [0.2, 0.25) is 0 Å². The van der Waals surface area contributed by atoms with Gasteiger partial charge in [-0.3, -0.25) is 0 Å². The molecule has 1 atom stereocenters. The summed E-state index contributed by atoms with van der Waals surface area (Å²) < 4.78 is 1.47. The largest absolute Gasteiger partial charge is 1.00 e. The summed E-state index contributed by atoms with van der Waals surface area (Å²) in [5.41, 5.74) is 27.6. The van der Waals surface area contributed by atoms with Gasteiger partial charge in [0.15, 0.2) is 0 Å². The smallest absolute Gasteiger partial charge is 1.00 e. The number of benzene rings is 9. The van der Waals surface area contributed by atoms with Crippen molar-refractivity contribution in [2.24, 2.45) is 0 Å². The third kappa shape index (κ3) is 8.98. The molecule has 0 saturated heterocycles. The number of allylic oxidation sites excluding steroid dienone is 4. The van der Waals surface area contributed by atoms with Gasteiger partial charge in [-0.2, -0.15) is 0 Å². The van der Waals surface area contributed by atoms with Crippen molar-refractivity contribution in [3.63, 3.8) is 0 Å². The Morgan fingerprint density at radius 1 is 0.324 bits per heavy atom. The van der Waals surface area contributed by atoms with Crippen LogP contribution in [0.4, 0.5) is 0 Å². The summed E-state index contributed by atoms with van der Waals surface area (Å²) in [5.74, 6) is 0. The van der Waals surface area contributed by atoms with Crippen molar-refractivity contribution in [3.05, 3.63) is 254 Å². The van der Waals surface area contributed by atoms with Crippen LogP contribution in [0.2, 0.25) is 5.04 Å². The van der Waals surface area contributed by atoms with E-state index in [-0.39, 0.29) is 37.2 Å². The van der Waals surface area contributed by atoms with E-state index in [0.717, 1.165) is 0 Å². The zero-order valence-corrected chi connectivity index (χ0v) is 49.0. The van der Waals surface area contributed by atoms with Gasteiger partial charge in [0.05, 0.1) is 0 Å². The van der Waals surface area contributed by atoms with Crippen molar-refractivity contribution < 1.29 is 57.7 Å². The van der Waals surface area contributed by atoms with Crippen LogP contribution in [0.1, 0.15) is 61.1 Å². The summed E-state index contributed by atoms with van der Waals surface area (Å²) >= 11 is 2.49. The Morgan fingerprint density at radius 3 is 0.770 bits per heavy atom. The molecule has 0 N–H and O–H groups in total. The fourth-order valence-electron chi connectivity index (χ4n) is 12.8. The van der Waals surface area contributed by atoms with Crippen LogP contribution in [-0.4, -0.2) is 8.07 Å². The van der Waals surface area contributed by atoms with E-state index in [4.69, 9.17) is 0 Å². The van der Waals surface area contributed by atoms with Gasteiger partial charge in [-0.1, -0.05) is 0 Å². The quantitative estimate of drug-likeness (QED) is 0.0965.